The van der Waals surface area contributed by atoms with Gasteiger partial charge in [0.1, 0.15) is 6.04 Å². The lowest BCUT2D eigenvalue weighted by Gasteiger charge is -2.14. The van der Waals surface area contributed by atoms with Gasteiger partial charge in [-0.15, -0.1) is 0 Å². The number of carboxylic acids is 1. The summed E-state index contributed by atoms with van der Waals surface area (Å²) in [6.45, 7) is 0. The van der Waals surface area contributed by atoms with Gasteiger partial charge in [-0.1, -0.05) is 24.4 Å². The van der Waals surface area contributed by atoms with Gasteiger partial charge in [0.2, 0.25) is 0 Å². The van der Waals surface area contributed by atoms with Crippen LogP contribution in [-0.2, 0) is 4.79 Å². The molecule has 1 aliphatic rings. The second-order valence-corrected chi connectivity index (χ2v) is 6.27. The second-order valence-electron chi connectivity index (χ2n) is 4.67. The lowest BCUT2D eigenvalue weighted by Crippen LogP contribution is -2.41. The predicted molar refractivity (Wildman–Crippen MR) is 80.4 cm³/mol. The quantitative estimate of drug-likeness (QED) is 0.756. The number of halogens is 2. The summed E-state index contributed by atoms with van der Waals surface area (Å²) in [6.07, 6.45) is 2.60. The average molecular weight is 394 g/mol. The normalized spacial score (nSPS) is 15.9. The van der Waals surface area contributed by atoms with Crippen LogP contribution in [0.5, 0.6) is 0 Å². The van der Waals surface area contributed by atoms with Crippen LogP contribution in [0.2, 0.25) is 5.02 Å². The smallest absolute Gasteiger partial charge is 0.326 e. The van der Waals surface area contributed by atoms with Crippen LogP contribution in [0.15, 0.2) is 18.2 Å². The molecule has 4 nitrogen and oxygen atoms in total. The molecule has 0 saturated heterocycles. The number of carbonyl (C=O) groups is 2. The number of nitrogens with one attached hydrogen (secondary N) is 1. The highest BCUT2D eigenvalue weighted by Gasteiger charge is 2.30. The number of hydrogen-bond donors (Lipinski definition) is 2. The molecule has 1 fully saturated rings. The van der Waals surface area contributed by atoms with Crippen molar-refractivity contribution in [2.24, 2.45) is 5.92 Å². The number of hydrogen-bond acceptors (Lipinski definition) is 2. The van der Waals surface area contributed by atoms with E-state index >= 15 is 0 Å². The fourth-order valence-electron chi connectivity index (χ4n) is 1.82. The van der Waals surface area contributed by atoms with Crippen LogP contribution in [0.1, 0.15) is 29.6 Å². The fraction of sp³-hybridized carbons (Fsp3) is 0.385. The summed E-state index contributed by atoms with van der Waals surface area (Å²) in [5.41, 5.74) is 0.412. The van der Waals surface area contributed by atoms with E-state index in [2.05, 4.69) is 5.32 Å². The van der Waals surface area contributed by atoms with Crippen LogP contribution < -0.4 is 5.32 Å². The van der Waals surface area contributed by atoms with E-state index in [4.69, 9.17) is 16.7 Å². The molecule has 0 aliphatic heterocycles. The van der Waals surface area contributed by atoms with Crippen LogP contribution in [0.3, 0.4) is 0 Å². The first-order chi connectivity index (χ1) is 8.97. The zero-order valence-electron chi connectivity index (χ0n) is 10.0. The summed E-state index contributed by atoms with van der Waals surface area (Å²) < 4.78 is 0.745. The predicted octanol–water partition coefficient (Wildman–Crippen LogP) is 2.93. The van der Waals surface area contributed by atoms with Gasteiger partial charge in [-0.05, 0) is 53.1 Å². The van der Waals surface area contributed by atoms with Crippen molar-refractivity contribution in [2.75, 3.05) is 0 Å². The Balaban J connectivity index is 2.09. The first-order valence-corrected chi connectivity index (χ1v) is 7.41. The molecule has 1 unspecified atom stereocenters. The van der Waals surface area contributed by atoms with Crippen molar-refractivity contribution in [1.82, 2.24) is 5.32 Å². The Morgan fingerprint density at radius 3 is 2.74 bits per heavy atom. The van der Waals surface area contributed by atoms with Crippen LogP contribution in [0.25, 0.3) is 0 Å². The maximum absolute atomic E-state index is 12.1. The molecule has 0 spiro atoms. The summed E-state index contributed by atoms with van der Waals surface area (Å²) >= 11 is 7.88. The third-order valence-electron chi connectivity index (χ3n) is 3.04. The van der Waals surface area contributed by atoms with Crippen molar-refractivity contribution in [3.63, 3.8) is 0 Å². The molecular formula is C13H13ClINO3. The van der Waals surface area contributed by atoms with Crippen LogP contribution in [0.4, 0.5) is 0 Å². The fourth-order valence-corrected chi connectivity index (χ4v) is 2.57. The van der Waals surface area contributed by atoms with Crippen molar-refractivity contribution in [2.45, 2.75) is 25.3 Å². The maximum atomic E-state index is 12.1. The minimum atomic E-state index is -0.989. The number of amides is 1. The van der Waals surface area contributed by atoms with Gasteiger partial charge in [0.25, 0.3) is 5.91 Å². The summed E-state index contributed by atoms with van der Waals surface area (Å²) in [4.78, 5) is 23.2. The zero-order chi connectivity index (χ0) is 14.0. The highest BCUT2D eigenvalue weighted by Crippen LogP contribution is 2.33. The van der Waals surface area contributed by atoms with E-state index < -0.39 is 12.0 Å². The summed E-state index contributed by atoms with van der Waals surface area (Å²) in [6, 6.07) is 4.15. The summed E-state index contributed by atoms with van der Waals surface area (Å²) in [5.74, 6) is -0.947. The van der Waals surface area contributed by atoms with Gasteiger partial charge in [-0.25, -0.2) is 4.79 Å². The van der Waals surface area contributed by atoms with Crippen LogP contribution >= 0.6 is 34.2 Å². The topological polar surface area (TPSA) is 66.4 Å². The highest BCUT2D eigenvalue weighted by atomic mass is 127. The van der Waals surface area contributed by atoms with Gasteiger partial charge >= 0.3 is 5.97 Å². The molecule has 2 N–H and O–H groups in total. The Labute approximate surface area is 129 Å². The Morgan fingerprint density at radius 1 is 1.47 bits per heavy atom. The molecule has 1 aliphatic carbocycles. The van der Waals surface area contributed by atoms with Crippen molar-refractivity contribution in [3.05, 3.63) is 32.4 Å². The summed E-state index contributed by atoms with van der Waals surface area (Å²) in [5, 5.41) is 12.2. The van der Waals surface area contributed by atoms with Crippen molar-refractivity contribution in [3.8, 4) is 0 Å². The van der Waals surface area contributed by atoms with E-state index in [1.807, 2.05) is 22.6 Å². The lowest BCUT2D eigenvalue weighted by molar-refractivity contribution is -0.139. The molecule has 1 aromatic carbocycles. The molecule has 0 heterocycles. The standard InChI is InChI=1S/C13H13ClINO3/c14-8-3-4-10(15)9(6-8)12(17)16-11(13(18)19)5-7-1-2-7/h3-4,6-7,11H,1-2,5H2,(H,16,17)(H,18,19). The molecule has 102 valence electrons. The molecule has 19 heavy (non-hydrogen) atoms. The van der Waals surface area contributed by atoms with Gasteiger partial charge < -0.3 is 10.4 Å². The molecule has 0 bridgehead atoms. The second kappa shape index (κ2) is 6.09. The van der Waals surface area contributed by atoms with Crippen LogP contribution in [-0.4, -0.2) is 23.0 Å². The molecule has 2 rings (SSSR count). The molecule has 0 radical (unpaired) electrons. The van der Waals surface area contributed by atoms with Gasteiger partial charge in [-0.3, -0.25) is 4.79 Å². The molecule has 1 aromatic rings. The molecule has 1 amide bonds. The van der Waals surface area contributed by atoms with Gasteiger partial charge in [-0.2, -0.15) is 0 Å². The third-order valence-corrected chi connectivity index (χ3v) is 4.22. The Morgan fingerprint density at radius 2 is 2.16 bits per heavy atom. The average Bonchev–Trinajstić information content (AvgIpc) is 3.15. The molecular weight excluding hydrogens is 381 g/mol. The van der Waals surface area contributed by atoms with E-state index in [0.717, 1.165) is 16.4 Å². The van der Waals surface area contributed by atoms with E-state index in [1.54, 1.807) is 18.2 Å². The number of carboxylic acid groups (broad SMARTS) is 1. The van der Waals surface area contributed by atoms with Crippen molar-refractivity contribution < 1.29 is 14.7 Å². The van der Waals surface area contributed by atoms with Gasteiger partial charge in [0, 0.05) is 8.59 Å². The lowest BCUT2D eigenvalue weighted by atomic mass is 10.1. The minimum Gasteiger partial charge on any atom is -0.480 e. The third kappa shape index (κ3) is 4.07. The van der Waals surface area contributed by atoms with Gasteiger partial charge in [0.05, 0.1) is 5.56 Å². The molecule has 1 atom stereocenters. The number of rotatable bonds is 5. The van der Waals surface area contributed by atoms with Crippen molar-refractivity contribution >= 4 is 46.1 Å². The van der Waals surface area contributed by atoms with E-state index in [-0.39, 0.29) is 5.91 Å². The SMILES string of the molecule is O=C(NC(CC1CC1)C(=O)O)c1cc(Cl)ccc1I. The molecule has 0 aromatic heterocycles. The van der Waals surface area contributed by atoms with E-state index in [0.29, 0.717) is 22.9 Å². The zero-order valence-corrected chi connectivity index (χ0v) is 12.9. The Kier molecular flexibility index (Phi) is 4.67. The number of carbonyl (C=O) groups excluding carboxylic acids is 1. The maximum Gasteiger partial charge on any atom is 0.326 e. The first-order valence-electron chi connectivity index (χ1n) is 5.96. The van der Waals surface area contributed by atoms with Crippen LogP contribution in [0, 0.1) is 9.49 Å². The highest BCUT2D eigenvalue weighted by molar-refractivity contribution is 14.1. The van der Waals surface area contributed by atoms with E-state index in [9.17, 15) is 9.59 Å². The van der Waals surface area contributed by atoms with E-state index in [1.165, 1.54) is 0 Å². The van der Waals surface area contributed by atoms with Crippen molar-refractivity contribution in [1.29, 1.82) is 0 Å². The minimum absolute atomic E-state index is 0.389. The molecule has 6 heteroatoms. The number of aliphatic carboxylic acids is 1. The first kappa shape index (κ1) is 14.6. The monoisotopic (exact) mass is 393 g/mol. The largest absolute Gasteiger partial charge is 0.480 e. The van der Waals surface area contributed by atoms with Gasteiger partial charge in [0.15, 0.2) is 0 Å². The Hall–Kier alpha value is -0.820. The Bertz CT molecular complexity index is 517. The summed E-state index contributed by atoms with van der Waals surface area (Å²) in [7, 11) is 0. The molecule has 1 saturated carbocycles. The number of benzene rings is 1.